The SMILES string of the molecule is CC(=O)OC([O])C(C)C. The number of rotatable bonds is 2. The zero-order valence-electron chi connectivity index (χ0n) is 5.88. The maximum absolute atomic E-state index is 10.6. The molecule has 0 aliphatic carbocycles. The van der Waals surface area contributed by atoms with Crippen molar-refractivity contribution in [2.75, 3.05) is 0 Å². The molecule has 0 aromatic heterocycles. The lowest BCUT2D eigenvalue weighted by Crippen LogP contribution is -2.19. The minimum absolute atomic E-state index is 0.145. The maximum Gasteiger partial charge on any atom is 0.305 e. The molecule has 0 saturated heterocycles. The van der Waals surface area contributed by atoms with E-state index in [1.165, 1.54) is 6.92 Å². The monoisotopic (exact) mass is 131 g/mol. The molecule has 0 aliphatic heterocycles. The summed E-state index contributed by atoms with van der Waals surface area (Å²) in [7, 11) is 0. The molecule has 0 aliphatic rings. The summed E-state index contributed by atoms with van der Waals surface area (Å²) in [5.74, 6) is -0.655. The molecule has 1 atom stereocenters. The Kier molecular flexibility index (Phi) is 3.24. The zero-order valence-corrected chi connectivity index (χ0v) is 5.88. The van der Waals surface area contributed by atoms with Crippen LogP contribution in [0.15, 0.2) is 0 Å². The summed E-state index contributed by atoms with van der Waals surface area (Å²) in [4.78, 5) is 10.1. The highest BCUT2D eigenvalue weighted by Crippen LogP contribution is 2.02. The van der Waals surface area contributed by atoms with Gasteiger partial charge in [0.25, 0.3) is 0 Å². The van der Waals surface area contributed by atoms with Crippen LogP contribution in [0.25, 0.3) is 0 Å². The molecule has 0 bridgehead atoms. The Morgan fingerprint density at radius 3 is 2.00 bits per heavy atom. The fraction of sp³-hybridized carbons (Fsp3) is 0.833. The molecule has 1 unspecified atom stereocenters. The van der Waals surface area contributed by atoms with Gasteiger partial charge in [0.2, 0.25) is 6.29 Å². The molecule has 0 rings (SSSR count). The summed E-state index contributed by atoms with van der Waals surface area (Å²) in [6.07, 6.45) is -1.21. The zero-order chi connectivity index (χ0) is 7.44. The summed E-state index contributed by atoms with van der Waals surface area (Å²) >= 11 is 0. The first-order valence-corrected chi connectivity index (χ1v) is 2.87. The summed E-state index contributed by atoms with van der Waals surface area (Å²) < 4.78 is 4.32. The van der Waals surface area contributed by atoms with Gasteiger partial charge in [-0.2, -0.15) is 5.11 Å². The van der Waals surface area contributed by atoms with Crippen molar-refractivity contribution >= 4 is 5.97 Å². The molecule has 53 valence electrons. The second kappa shape index (κ2) is 3.45. The molecule has 0 saturated carbocycles. The predicted octanol–water partition coefficient (Wildman–Crippen LogP) is 0.962. The van der Waals surface area contributed by atoms with Crippen LogP contribution in [-0.2, 0) is 14.6 Å². The van der Waals surface area contributed by atoms with Gasteiger partial charge in [0.05, 0.1) is 0 Å². The number of carbonyl (C=O) groups is 1. The van der Waals surface area contributed by atoms with Gasteiger partial charge in [-0.15, -0.1) is 0 Å². The highest BCUT2D eigenvalue weighted by atomic mass is 16.6. The van der Waals surface area contributed by atoms with Crippen LogP contribution in [0.3, 0.4) is 0 Å². The Morgan fingerprint density at radius 2 is 1.89 bits per heavy atom. The maximum atomic E-state index is 10.6. The number of esters is 1. The van der Waals surface area contributed by atoms with Crippen LogP contribution in [0.5, 0.6) is 0 Å². The molecular formula is C6H11O3. The third-order valence-electron chi connectivity index (χ3n) is 0.826. The second-order valence-corrected chi connectivity index (χ2v) is 2.22. The van der Waals surface area contributed by atoms with E-state index in [1.54, 1.807) is 13.8 Å². The van der Waals surface area contributed by atoms with Crippen molar-refractivity contribution in [1.82, 2.24) is 0 Å². The van der Waals surface area contributed by atoms with E-state index in [0.717, 1.165) is 0 Å². The molecule has 3 nitrogen and oxygen atoms in total. The van der Waals surface area contributed by atoms with E-state index in [1.807, 2.05) is 0 Å². The molecule has 9 heavy (non-hydrogen) atoms. The molecule has 0 aromatic carbocycles. The Labute approximate surface area is 54.6 Å². The molecule has 0 aromatic rings. The van der Waals surface area contributed by atoms with Gasteiger partial charge in [-0.25, -0.2) is 0 Å². The van der Waals surface area contributed by atoms with Gasteiger partial charge < -0.3 is 4.74 Å². The quantitative estimate of drug-likeness (QED) is 0.414. The van der Waals surface area contributed by atoms with Crippen molar-refractivity contribution < 1.29 is 14.6 Å². The Bertz CT molecular complexity index is 98.5. The largest absolute Gasteiger partial charge is 0.433 e. The van der Waals surface area contributed by atoms with Gasteiger partial charge in [-0.3, -0.25) is 4.79 Å². The number of hydrogen-bond acceptors (Lipinski definition) is 2. The average Bonchev–Trinajstić information content (AvgIpc) is 1.63. The van der Waals surface area contributed by atoms with Gasteiger partial charge >= 0.3 is 5.97 Å². The van der Waals surface area contributed by atoms with Crippen molar-refractivity contribution in [3.8, 4) is 0 Å². The number of carbonyl (C=O) groups excluding carboxylic acids is 1. The van der Waals surface area contributed by atoms with Crippen LogP contribution in [0.4, 0.5) is 0 Å². The minimum atomic E-state index is -1.21. The van der Waals surface area contributed by atoms with E-state index in [0.29, 0.717) is 0 Å². The fourth-order valence-corrected chi connectivity index (χ4v) is 0.300. The van der Waals surface area contributed by atoms with Crippen LogP contribution >= 0.6 is 0 Å². The van der Waals surface area contributed by atoms with Crippen molar-refractivity contribution in [2.45, 2.75) is 27.1 Å². The van der Waals surface area contributed by atoms with Gasteiger partial charge in [0.1, 0.15) is 0 Å². The molecular weight excluding hydrogens is 120 g/mol. The molecule has 0 spiro atoms. The summed E-state index contributed by atoms with van der Waals surface area (Å²) in [6, 6.07) is 0. The third-order valence-corrected chi connectivity index (χ3v) is 0.826. The average molecular weight is 131 g/mol. The number of hydrogen-bond donors (Lipinski definition) is 0. The number of ether oxygens (including phenoxy) is 1. The lowest BCUT2D eigenvalue weighted by molar-refractivity contribution is -0.186. The van der Waals surface area contributed by atoms with Crippen LogP contribution in [-0.4, -0.2) is 12.3 Å². The van der Waals surface area contributed by atoms with Crippen LogP contribution in [0.1, 0.15) is 20.8 Å². The van der Waals surface area contributed by atoms with Gasteiger partial charge in [-0.05, 0) is 0 Å². The molecule has 0 N–H and O–H groups in total. The topological polar surface area (TPSA) is 46.2 Å². The van der Waals surface area contributed by atoms with E-state index in [9.17, 15) is 9.90 Å². The Hall–Kier alpha value is -0.570. The Balaban J connectivity index is 3.50. The predicted molar refractivity (Wildman–Crippen MR) is 31.1 cm³/mol. The van der Waals surface area contributed by atoms with E-state index in [-0.39, 0.29) is 5.92 Å². The fourth-order valence-electron chi connectivity index (χ4n) is 0.300. The smallest absolute Gasteiger partial charge is 0.305 e. The van der Waals surface area contributed by atoms with E-state index < -0.39 is 12.3 Å². The van der Waals surface area contributed by atoms with Gasteiger partial charge in [0, 0.05) is 12.8 Å². The van der Waals surface area contributed by atoms with Crippen molar-refractivity contribution in [3.05, 3.63) is 0 Å². The highest BCUT2D eigenvalue weighted by molar-refractivity contribution is 5.66. The lowest BCUT2D eigenvalue weighted by Gasteiger charge is -2.10. The summed E-state index contributed by atoms with van der Waals surface area (Å²) in [5, 5.41) is 10.6. The third kappa shape index (κ3) is 3.97. The highest BCUT2D eigenvalue weighted by Gasteiger charge is 2.12. The van der Waals surface area contributed by atoms with Gasteiger partial charge in [-0.1, -0.05) is 13.8 Å². The Morgan fingerprint density at radius 1 is 1.44 bits per heavy atom. The van der Waals surface area contributed by atoms with E-state index in [2.05, 4.69) is 4.74 Å². The normalized spacial score (nSPS) is 13.4. The molecule has 0 heterocycles. The summed E-state index contributed by atoms with van der Waals surface area (Å²) in [6.45, 7) is 4.65. The first-order chi connectivity index (χ1) is 4.04. The van der Waals surface area contributed by atoms with Crippen LogP contribution in [0, 0.1) is 5.92 Å². The van der Waals surface area contributed by atoms with E-state index in [4.69, 9.17) is 0 Å². The minimum Gasteiger partial charge on any atom is -0.433 e. The molecule has 3 heteroatoms. The second-order valence-electron chi connectivity index (χ2n) is 2.22. The lowest BCUT2D eigenvalue weighted by atomic mass is 10.2. The summed E-state index contributed by atoms with van der Waals surface area (Å²) in [5.41, 5.74) is 0. The van der Waals surface area contributed by atoms with Crippen molar-refractivity contribution in [3.63, 3.8) is 0 Å². The first kappa shape index (κ1) is 8.43. The molecule has 0 amide bonds. The van der Waals surface area contributed by atoms with Crippen molar-refractivity contribution in [1.29, 1.82) is 0 Å². The van der Waals surface area contributed by atoms with E-state index >= 15 is 0 Å². The molecule has 0 fully saturated rings. The van der Waals surface area contributed by atoms with Crippen LogP contribution in [0.2, 0.25) is 0 Å². The van der Waals surface area contributed by atoms with Crippen molar-refractivity contribution in [2.24, 2.45) is 5.92 Å². The standard InChI is InChI=1S/C6H11O3/c1-4(2)6(8)9-5(3)7/h4,6H,1-3H3. The van der Waals surface area contributed by atoms with Gasteiger partial charge in [0.15, 0.2) is 0 Å². The first-order valence-electron chi connectivity index (χ1n) is 2.87. The van der Waals surface area contributed by atoms with Crippen LogP contribution < -0.4 is 0 Å². The molecule has 1 radical (unpaired) electrons.